The zero-order valence-electron chi connectivity index (χ0n) is 12.8. The van der Waals surface area contributed by atoms with E-state index in [2.05, 4.69) is 15.4 Å². The second-order valence-electron chi connectivity index (χ2n) is 5.29. The van der Waals surface area contributed by atoms with Crippen molar-refractivity contribution >= 4 is 17.2 Å². The summed E-state index contributed by atoms with van der Waals surface area (Å²) in [4.78, 5) is 16.0. The predicted octanol–water partition coefficient (Wildman–Crippen LogP) is 3.02. The van der Waals surface area contributed by atoms with Crippen LogP contribution in [-0.2, 0) is 12.7 Å². The Morgan fingerprint density at radius 2 is 2.33 bits per heavy atom. The number of carbonyl (C=O) groups excluding carboxylic acids is 1. The van der Waals surface area contributed by atoms with Crippen LogP contribution in [0.4, 0.5) is 13.2 Å². The molecule has 2 aromatic rings. The summed E-state index contributed by atoms with van der Waals surface area (Å²) in [6.07, 6.45) is -1.85. The highest BCUT2D eigenvalue weighted by molar-refractivity contribution is 7.09. The number of aryl methyl sites for hydroxylation is 1. The first-order valence-electron chi connectivity index (χ1n) is 7.42. The minimum absolute atomic E-state index is 0.222. The first kappa shape index (κ1) is 16.7. The van der Waals surface area contributed by atoms with Crippen LogP contribution in [0.3, 0.4) is 0 Å². The summed E-state index contributed by atoms with van der Waals surface area (Å²) >= 11 is 0.879. The number of ether oxygens (including phenoxy) is 1. The van der Waals surface area contributed by atoms with Gasteiger partial charge in [-0.25, -0.2) is 9.67 Å². The maximum absolute atomic E-state index is 12.7. The molecule has 10 heteroatoms. The van der Waals surface area contributed by atoms with Gasteiger partial charge in [-0.2, -0.15) is 18.3 Å². The van der Waals surface area contributed by atoms with Crippen LogP contribution >= 0.6 is 11.3 Å². The second kappa shape index (κ2) is 6.42. The van der Waals surface area contributed by atoms with Gasteiger partial charge in [0, 0.05) is 18.3 Å². The molecule has 1 unspecified atom stereocenters. The molecule has 1 amide bonds. The minimum Gasteiger partial charge on any atom is -0.477 e. The molecule has 1 N–H and O–H groups in total. The average molecular weight is 360 g/mol. The molecule has 1 atom stereocenters. The molecule has 3 heterocycles. The number of hydrogen-bond acceptors (Lipinski definition) is 5. The molecular formula is C14H15F3N4O2S. The molecule has 6 nitrogen and oxygen atoms in total. The van der Waals surface area contributed by atoms with E-state index in [0.29, 0.717) is 25.5 Å². The van der Waals surface area contributed by atoms with Crippen molar-refractivity contribution in [3.63, 3.8) is 0 Å². The Balaban J connectivity index is 1.77. The van der Waals surface area contributed by atoms with Crippen LogP contribution in [0.5, 0.6) is 5.88 Å². The molecule has 0 saturated carbocycles. The monoisotopic (exact) mass is 360 g/mol. The van der Waals surface area contributed by atoms with E-state index in [4.69, 9.17) is 4.74 Å². The molecule has 130 valence electrons. The van der Waals surface area contributed by atoms with Gasteiger partial charge in [0.2, 0.25) is 5.88 Å². The molecule has 0 aromatic carbocycles. The molecule has 0 aliphatic carbocycles. The van der Waals surface area contributed by atoms with E-state index in [9.17, 15) is 18.0 Å². The van der Waals surface area contributed by atoms with Crippen molar-refractivity contribution in [2.45, 2.75) is 38.5 Å². The van der Waals surface area contributed by atoms with Crippen molar-refractivity contribution < 1.29 is 22.7 Å². The first-order chi connectivity index (χ1) is 11.4. The molecular weight excluding hydrogens is 345 g/mol. The minimum atomic E-state index is -4.49. The summed E-state index contributed by atoms with van der Waals surface area (Å²) in [6.45, 7) is 2.94. The summed E-state index contributed by atoms with van der Waals surface area (Å²) in [5, 5.41) is 7.97. The largest absolute Gasteiger partial charge is 0.477 e. The molecule has 0 radical (unpaired) electrons. The summed E-state index contributed by atoms with van der Waals surface area (Å²) < 4.78 is 45.1. The Bertz CT molecular complexity index is 741. The van der Waals surface area contributed by atoms with E-state index in [1.165, 1.54) is 6.20 Å². The number of thiazole rings is 1. The van der Waals surface area contributed by atoms with Gasteiger partial charge in [0.1, 0.15) is 10.6 Å². The Labute approximate surface area is 139 Å². The van der Waals surface area contributed by atoms with Crippen molar-refractivity contribution in [2.24, 2.45) is 0 Å². The molecule has 0 saturated heterocycles. The van der Waals surface area contributed by atoms with E-state index >= 15 is 0 Å². The molecule has 24 heavy (non-hydrogen) atoms. The quantitative estimate of drug-likeness (QED) is 0.910. The standard InChI is InChI=1S/C14H15F3N4O2S/c1-2-9(12-20-10(7-24-12)14(15,16)17)19-11(22)8-6-18-21-4-3-5-23-13(8)21/h6-7,9H,2-5H2,1H3,(H,19,22). The van der Waals surface area contributed by atoms with Crippen LogP contribution in [0.25, 0.3) is 0 Å². The number of carbonyl (C=O) groups is 1. The Morgan fingerprint density at radius 1 is 1.54 bits per heavy atom. The number of fused-ring (bicyclic) bond motifs is 1. The fourth-order valence-electron chi connectivity index (χ4n) is 2.38. The van der Waals surface area contributed by atoms with Crippen LogP contribution < -0.4 is 10.1 Å². The van der Waals surface area contributed by atoms with Gasteiger partial charge >= 0.3 is 6.18 Å². The van der Waals surface area contributed by atoms with Crippen molar-refractivity contribution in [2.75, 3.05) is 6.61 Å². The molecule has 0 bridgehead atoms. The molecule has 2 aromatic heterocycles. The summed E-state index contributed by atoms with van der Waals surface area (Å²) in [7, 11) is 0. The second-order valence-corrected chi connectivity index (χ2v) is 6.18. The van der Waals surface area contributed by atoms with Gasteiger partial charge < -0.3 is 10.1 Å². The number of nitrogens with zero attached hydrogens (tertiary/aromatic N) is 3. The lowest BCUT2D eigenvalue weighted by Gasteiger charge is -2.17. The average Bonchev–Trinajstić information content (AvgIpc) is 3.18. The topological polar surface area (TPSA) is 69.0 Å². The summed E-state index contributed by atoms with van der Waals surface area (Å²) in [5.74, 6) is -0.0440. The summed E-state index contributed by atoms with van der Waals surface area (Å²) in [6, 6.07) is -0.599. The van der Waals surface area contributed by atoms with Crippen LogP contribution in [0, 0.1) is 0 Å². The van der Waals surface area contributed by atoms with E-state index in [0.717, 1.165) is 23.1 Å². The Morgan fingerprint density at radius 3 is 3.00 bits per heavy atom. The fourth-order valence-corrected chi connectivity index (χ4v) is 3.34. The number of hydrogen-bond donors (Lipinski definition) is 1. The number of nitrogens with one attached hydrogen (secondary N) is 1. The van der Waals surface area contributed by atoms with E-state index < -0.39 is 23.8 Å². The normalized spacial score (nSPS) is 15.5. The van der Waals surface area contributed by atoms with E-state index in [1.54, 1.807) is 11.6 Å². The third-order valence-corrected chi connectivity index (χ3v) is 4.57. The van der Waals surface area contributed by atoms with E-state index in [1.807, 2.05) is 0 Å². The summed E-state index contributed by atoms with van der Waals surface area (Å²) in [5.41, 5.74) is -0.665. The SMILES string of the molecule is CCC(NC(=O)c1cnn2c1OCCC2)c1nc(C(F)(F)F)cs1. The molecule has 0 spiro atoms. The number of halogens is 3. The number of rotatable bonds is 4. The smallest absolute Gasteiger partial charge is 0.434 e. The first-order valence-corrected chi connectivity index (χ1v) is 8.30. The highest BCUT2D eigenvalue weighted by atomic mass is 32.1. The maximum Gasteiger partial charge on any atom is 0.434 e. The van der Waals surface area contributed by atoms with Crippen LogP contribution in [-0.4, -0.2) is 27.3 Å². The molecule has 3 rings (SSSR count). The van der Waals surface area contributed by atoms with Gasteiger partial charge in [-0.1, -0.05) is 6.92 Å². The lowest BCUT2D eigenvalue weighted by atomic mass is 10.2. The Hall–Kier alpha value is -2.10. The molecule has 0 fully saturated rings. The third-order valence-electron chi connectivity index (χ3n) is 3.61. The van der Waals surface area contributed by atoms with Gasteiger partial charge in [0.15, 0.2) is 5.69 Å². The fraction of sp³-hybridized carbons (Fsp3) is 0.500. The van der Waals surface area contributed by atoms with Crippen LogP contribution in [0.15, 0.2) is 11.6 Å². The number of aromatic nitrogens is 3. The number of alkyl halides is 3. The highest BCUT2D eigenvalue weighted by Crippen LogP contribution is 2.32. The maximum atomic E-state index is 12.7. The van der Waals surface area contributed by atoms with Gasteiger partial charge in [0.25, 0.3) is 5.91 Å². The molecule has 1 aliphatic rings. The van der Waals surface area contributed by atoms with Crippen molar-refractivity contribution in [1.29, 1.82) is 0 Å². The molecule has 1 aliphatic heterocycles. The van der Waals surface area contributed by atoms with Crippen molar-refractivity contribution in [3.05, 3.63) is 27.8 Å². The van der Waals surface area contributed by atoms with Gasteiger partial charge in [0.05, 0.1) is 18.8 Å². The Kier molecular flexibility index (Phi) is 4.48. The van der Waals surface area contributed by atoms with Gasteiger partial charge in [-0.15, -0.1) is 11.3 Å². The van der Waals surface area contributed by atoms with Crippen molar-refractivity contribution in [3.8, 4) is 5.88 Å². The van der Waals surface area contributed by atoms with Gasteiger partial charge in [-0.3, -0.25) is 4.79 Å². The predicted molar refractivity (Wildman–Crippen MR) is 80.0 cm³/mol. The van der Waals surface area contributed by atoms with Crippen molar-refractivity contribution in [1.82, 2.24) is 20.1 Å². The lowest BCUT2D eigenvalue weighted by Crippen LogP contribution is -2.29. The zero-order chi connectivity index (χ0) is 17.3. The van der Waals surface area contributed by atoms with Gasteiger partial charge in [-0.05, 0) is 6.42 Å². The highest BCUT2D eigenvalue weighted by Gasteiger charge is 2.34. The lowest BCUT2D eigenvalue weighted by molar-refractivity contribution is -0.140. The van der Waals surface area contributed by atoms with E-state index in [-0.39, 0.29) is 10.6 Å². The third kappa shape index (κ3) is 3.23. The van der Waals surface area contributed by atoms with Crippen LogP contribution in [0.2, 0.25) is 0 Å². The van der Waals surface area contributed by atoms with Crippen LogP contribution in [0.1, 0.15) is 46.9 Å². The zero-order valence-corrected chi connectivity index (χ0v) is 13.6. The number of amides is 1.